The Morgan fingerprint density at radius 1 is 1.19 bits per heavy atom. The number of halogens is 1. The van der Waals surface area contributed by atoms with Crippen molar-refractivity contribution in [1.82, 2.24) is 9.97 Å². The number of anilines is 1. The summed E-state index contributed by atoms with van der Waals surface area (Å²) >= 11 is 7.91. The number of aromatic nitrogens is 2. The monoisotopic (exact) mass is 319 g/mol. The van der Waals surface area contributed by atoms with Crippen molar-refractivity contribution in [2.24, 2.45) is 0 Å². The molecule has 2 heterocycles. The highest BCUT2D eigenvalue weighted by atomic mass is 35.5. The molecule has 2 aromatic rings. The minimum atomic E-state index is 0.382. The van der Waals surface area contributed by atoms with Gasteiger partial charge in [-0.1, -0.05) is 25.4 Å². The van der Waals surface area contributed by atoms with E-state index >= 15 is 0 Å². The van der Waals surface area contributed by atoms with Gasteiger partial charge in [0.15, 0.2) is 5.82 Å². The predicted octanol–water partition coefficient (Wildman–Crippen LogP) is 4.43. The topological polar surface area (TPSA) is 29.0 Å². The van der Waals surface area contributed by atoms with Crippen molar-refractivity contribution in [1.29, 1.82) is 0 Å². The largest absolute Gasteiger partial charge is 0.346 e. The van der Waals surface area contributed by atoms with Crippen LogP contribution in [0.2, 0.25) is 5.02 Å². The van der Waals surface area contributed by atoms with Gasteiger partial charge in [-0.2, -0.15) is 0 Å². The van der Waals surface area contributed by atoms with Gasteiger partial charge in [-0.3, -0.25) is 0 Å². The number of benzene rings is 1. The first-order chi connectivity index (χ1) is 10.1. The number of hydrogen-bond acceptors (Lipinski definition) is 4. The van der Waals surface area contributed by atoms with E-state index in [1.807, 2.05) is 36.0 Å². The van der Waals surface area contributed by atoms with Crippen LogP contribution in [0.5, 0.6) is 0 Å². The van der Waals surface area contributed by atoms with Gasteiger partial charge in [0.05, 0.1) is 5.88 Å². The highest BCUT2D eigenvalue weighted by molar-refractivity contribution is 7.99. The number of nitrogens with zero attached hydrogens (tertiary/aromatic N) is 3. The van der Waals surface area contributed by atoms with Crippen molar-refractivity contribution in [3.8, 4) is 11.4 Å². The molecule has 5 heteroatoms. The third-order valence-corrected chi connectivity index (χ3v) is 4.72. The molecule has 0 atom stereocenters. The van der Waals surface area contributed by atoms with E-state index in [9.17, 15) is 0 Å². The van der Waals surface area contributed by atoms with Gasteiger partial charge in [-0.05, 0) is 30.2 Å². The molecule has 0 unspecified atom stereocenters. The summed E-state index contributed by atoms with van der Waals surface area (Å²) in [5.74, 6) is 4.37. The van der Waals surface area contributed by atoms with Gasteiger partial charge in [-0.25, -0.2) is 9.97 Å². The van der Waals surface area contributed by atoms with E-state index in [0.717, 1.165) is 46.1 Å². The Morgan fingerprint density at radius 2 is 1.95 bits per heavy atom. The second kappa shape index (κ2) is 6.24. The first kappa shape index (κ1) is 14.7. The molecule has 1 aliphatic rings. The fraction of sp³-hybridized carbons (Fsp3) is 0.375. The quantitative estimate of drug-likeness (QED) is 0.837. The zero-order chi connectivity index (χ0) is 14.8. The Balaban J connectivity index is 2.04. The molecule has 0 N–H and O–H groups in total. The molecule has 1 fully saturated rings. The van der Waals surface area contributed by atoms with Crippen molar-refractivity contribution < 1.29 is 0 Å². The molecular formula is C16H18ClN3S. The first-order valence-electron chi connectivity index (χ1n) is 7.11. The fourth-order valence-corrected chi connectivity index (χ4v) is 3.32. The maximum absolute atomic E-state index is 5.96. The van der Waals surface area contributed by atoms with Crippen molar-refractivity contribution >= 4 is 29.2 Å². The molecule has 1 aliphatic heterocycles. The van der Waals surface area contributed by atoms with Crippen LogP contribution >= 0.6 is 23.4 Å². The molecule has 3 nitrogen and oxygen atoms in total. The molecule has 21 heavy (non-hydrogen) atoms. The second-order valence-corrected chi connectivity index (χ2v) is 6.95. The van der Waals surface area contributed by atoms with Crippen molar-refractivity contribution in [3.63, 3.8) is 0 Å². The molecule has 0 saturated carbocycles. The van der Waals surface area contributed by atoms with Crippen LogP contribution in [0.3, 0.4) is 0 Å². The molecule has 0 aliphatic carbocycles. The van der Waals surface area contributed by atoms with Crippen molar-refractivity contribution in [3.05, 3.63) is 41.0 Å². The predicted molar refractivity (Wildman–Crippen MR) is 91.2 cm³/mol. The van der Waals surface area contributed by atoms with Gasteiger partial charge in [0, 0.05) is 34.6 Å². The van der Waals surface area contributed by atoms with Gasteiger partial charge in [0.2, 0.25) is 0 Å². The van der Waals surface area contributed by atoms with Crippen LogP contribution in [0.1, 0.15) is 25.5 Å². The Bertz CT molecular complexity index is 622. The van der Waals surface area contributed by atoms with E-state index in [1.54, 1.807) is 0 Å². The summed E-state index contributed by atoms with van der Waals surface area (Å²) in [6.07, 6.45) is 0. The van der Waals surface area contributed by atoms with Gasteiger partial charge >= 0.3 is 0 Å². The van der Waals surface area contributed by atoms with Crippen LogP contribution in [-0.4, -0.2) is 28.1 Å². The number of hydrogen-bond donors (Lipinski definition) is 0. The minimum absolute atomic E-state index is 0.382. The normalized spacial score (nSPS) is 15.0. The second-order valence-electron chi connectivity index (χ2n) is 5.44. The summed E-state index contributed by atoms with van der Waals surface area (Å²) in [5, 5.41) is 0.731. The lowest BCUT2D eigenvalue weighted by Crippen LogP contribution is -2.20. The van der Waals surface area contributed by atoms with Gasteiger partial charge in [0.25, 0.3) is 0 Å². The molecule has 0 spiro atoms. The van der Waals surface area contributed by atoms with Crippen LogP contribution in [0.25, 0.3) is 11.4 Å². The molecule has 110 valence electrons. The Morgan fingerprint density at radius 3 is 2.57 bits per heavy atom. The summed E-state index contributed by atoms with van der Waals surface area (Å²) in [6.45, 7) is 5.38. The number of thioether (sulfide) groups is 1. The van der Waals surface area contributed by atoms with Crippen LogP contribution in [0.15, 0.2) is 30.3 Å². The number of rotatable bonds is 3. The van der Waals surface area contributed by atoms with Gasteiger partial charge in [0.1, 0.15) is 5.82 Å². The molecule has 1 saturated heterocycles. The highest BCUT2D eigenvalue weighted by Crippen LogP contribution is 2.27. The van der Waals surface area contributed by atoms with E-state index in [1.165, 1.54) is 0 Å². The Kier molecular flexibility index (Phi) is 4.36. The van der Waals surface area contributed by atoms with E-state index in [2.05, 4.69) is 24.8 Å². The van der Waals surface area contributed by atoms with E-state index < -0.39 is 0 Å². The molecule has 3 rings (SSSR count). The third-order valence-electron chi connectivity index (χ3n) is 3.50. The maximum atomic E-state index is 5.96. The van der Waals surface area contributed by atoms with Gasteiger partial charge < -0.3 is 4.90 Å². The summed E-state index contributed by atoms with van der Waals surface area (Å²) in [5.41, 5.74) is 2.09. The van der Waals surface area contributed by atoms with Crippen molar-refractivity contribution in [2.45, 2.75) is 19.8 Å². The Hall–Kier alpha value is -1.26. The molecule has 0 amide bonds. The van der Waals surface area contributed by atoms with Crippen LogP contribution < -0.4 is 4.90 Å². The maximum Gasteiger partial charge on any atom is 0.161 e. The summed E-state index contributed by atoms with van der Waals surface area (Å²) in [4.78, 5) is 11.8. The lowest BCUT2D eigenvalue weighted by atomic mass is 10.1. The van der Waals surface area contributed by atoms with Crippen LogP contribution in [0, 0.1) is 0 Å². The SMILES string of the molecule is CC(C)c1cc(N2CCSC2)nc(-c2ccc(Cl)cc2)n1. The lowest BCUT2D eigenvalue weighted by Gasteiger charge is -2.18. The molecule has 1 aromatic heterocycles. The summed E-state index contributed by atoms with van der Waals surface area (Å²) in [7, 11) is 0. The molecule has 0 radical (unpaired) electrons. The molecular weight excluding hydrogens is 302 g/mol. The standard InChI is InChI=1S/C16H18ClN3S/c1-11(2)14-9-15(20-7-8-21-10-20)19-16(18-14)12-3-5-13(17)6-4-12/h3-6,9,11H,7-8,10H2,1-2H3. The summed E-state index contributed by atoms with van der Waals surface area (Å²) < 4.78 is 0. The average Bonchev–Trinajstić information content (AvgIpc) is 3.02. The van der Waals surface area contributed by atoms with Gasteiger partial charge in [-0.15, -0.1) is 11.8 Å². The van der Waals surface area contributed by atoms with E-state index in [-0.39, 0.29) is 0 Å². The van der Waals surface area contributed by atoms with Crippen molar-refractivity contribution in [2.75, 3.05) is 23.1 Å². The van der Waals surface area contributed by atoms with Crippen LogP contribution in [-0.2, 0) is 0 Å². The Labute approximate surface area is 134 Å². The fourth-order valence-electron chi connectivity index (χ4n) is 2.23. The van der Waals surface area contributed by atoms with E-state index in [0.29, 0.717) is 5.92 Å². The zero-order valence-electron chi connectivity index (χ0n) is 12.2. The van der Waals surface area contributed by atoms with Crippen LogP contribution in [0.4, 0.5) is 5.82 Å². The molecule has 1 aromatic carbocycles. The molecule has 0 bridgehead atoms. The minimum Gasteiger partial charge on any atom is -0.346 e. The third kappa shape index (κ3) is 3.33. The average molecular weight is 320 g/mol. The highest BCUT2D eigenvalue weighted by Gasteiger charge is 2.17. The first-order valence-corrected chi connectivity index (χ1v) is 8.64. The zero-order valence-corrected chi connectivity index (χ0v) is 13.8. The lowest BCUT2D eigenvalue weighted by molar-refractivity contribution is 0.810. The smallest absolute Gasteiger partial charge is 0.161 e. The van der Waals surface area contributed by atoms with E-state index in [4.69, 9.17) is 21.6 Å². The summed E-state index contributed by atoms with van der Waals surface area (Å²) in [6, 6.07) is 9.84.